The summed E-state index contributed by atoms with van der Waals surface area (Å²) in [5.41, 5.74) is 0.896. The Labute approximate surface area is 128 Å². The molecule has 0 amide bonds. The Hall–Kier alpha value is -2.63. The quantitative estimate of drug-likeness (QED) is 0.903. The molecule has 2 N–H and O–H groups in total. The van der Waals surface area contributed by atoms with Crippen molar-refractivity contribution in [3.05, 3.63) is 42.1 Å². The van der Waals surface area contributed by atoms with Gasteiger partial charge in [0.05, 0.1) is 5.56 Å². The van der Waals surface area contributed by atoms with Gasteiger partial charge in [-0.2, -0.15) is 4.98 Å². The molecular formula is C16H18N4O2. The molecule has 0 radical (unpaired) electrons. The first-order valence-electron chi connectivity index (χ1n) is 7.41. The van der Waals surface area contributed by atoms with E-state index in [2.05, 4.69) is 20.2 Å². The van der Waals surface area contributed by atoms with Crippen molar-refractivity contribution in [2.75, 3.05) is 23.3 Å². The third kappa shape index (κ3) is 3.33. The van der Waals surface area contributed by atoms with Gasteiger partial charge < -0.3 is 15.3 Å². The van der Waals surface area contributed by atoms with E-state index >= 15 is 0 Å². The molecule has 6 heteroatoms. The Morgan fingerprint density at radius 1 is 1.18 bits per heavy atom. The summed E-state index contributed by atoms with van der Waals surface area (Å²) in [6.45, 7) is 2.04. The van der Waals surface area contributed by atoms with Crippen molar-refractivity contribution in [3.63, 3.8) is 0 Å². The minimum Gasteiger partial charge on any atom is -0.478 e. The van der Waals surface area contributed by atoms with Crippen LogP contribution in [0, 0.1) is 0 Å². The van der Waals surface area contributed by atoms with Crippen LogP contribution in [-0.4, -0.2) is 34.1 Å². The monoisotopic (exact) mass is 298 g/mol. The lowest BCUT2D eigenvalue weighted by Crippen LogP contribution is -2.30. The molecule has 0 aliphatic carbocycles. The van der Waals surface area contributed by atoms with Crippen LogP contribution in [0.4, 0.5) is 17.5 Å². The summed E-state index contributed by atoms with van der Waals surface area (Å²) in [5.74, 6) is 0.434. The Bertz CT molecular complexity index is 669. The summed E-state index contributed by atoms with van der Waals surface area (Å²) < 4.78 is 0. The van der Waals surface area contributed by atoms with Gasteiger partial charge in [-0.15, -0.1) is 0 Å². The molecule has 6 nitrogen and oxygen atoms in total. The topological polar surface area (TPSA) is 78.3 Å². The van der Waals surface area contributed by atoms with Crippen molar-refractivity contribution in [2.45, 2.75) is 19.3 Å². The summed E-state index contributed by atoms with van der Waals surface area (Å²) in [5, 5.41) is 12.1. The summed E-state index contributed by atoms with van der Waals surface area (Å²) in [4.78, 5) is 22.0. The number of carbonyl (C=O) groups is 1. The van der Waals surface area contributed by atoms with E-state index in [0.717, 1.165) is 18.9 Å². The van der Waals surface area contributed by atoms with Crippen LogP contribution in [0.2, 0.25) is 0 Å². The lowest BCUT2D eigenvalue weighted by molar-refractivity contribution is 0.0697. The maximum atomic E-state index is 11.0. The lowest BCUT2D eigenvalue weighted by Gasteiger charge is -2.27. The number of piperidine rings is 1. The van der Waals surface area contributed by atoms with Crippen LogP contribution in [-0.2, 0) is 0 Å². The molecule has 114 valence electrons. The molecule has 1 aliphatic rings. The van der Waals surface area contributed by atoms with Crippen molar-refractivity contribution in [1.82, 2.24) is 9.97 Å². The fraction of sp³-hybridized carbons (Fsp3) is 0.312. The highest BCUT2D eigenvalue weighted by Crippen LogP contribution is 2.20. The van der Waals surface area contributed by atoms with E-state index in [-0.39, 0.29) is 5.56 Å². The van der Waals surface area contributed by atoms with Crippen LogP contribution in [0.3, 0.4) is 0 Å². The second-order valence-corrected chi connectivity index (χ2v) is 5.30. The van der Waals surface area contributed by atoms with Gasteiger partial charge in [0.2, 0.25) is 5.95 Å². The molecule has 0 spiro atoms. The van der Waals surface area contributed by atoms with Gasteiger partial charge in [-0.05, 0) is 43.5 Å². The van der Waals surface area contributed by atoms with Crippen molar-refractivity contribution < 1.29 is 9.90 Å². The number of aromatic nitrogens is 2. The zero-order valence-electron chi connectivity index (χ0n) is 12.2. The molecule has 3 rings (SSSR count). The zero-order valence-corrected chi connectivity index (χ0v) is 12.2. The van der Waals surface area contributed by atoms with Crippen LogP contribution in [0.5, 0.6) is 0 Å². The maximum Gasteiger partial charge on any atom is 0.335 e. The molecular weight excluding hydrogens is 280 g/mol. The van der Waals surface area contributed by atoms with Crippen molar-refractivity contribution in [1.29, 1.82) is 0 Å². The standard InChI is InChI=1S/C16H18N4O2/c21-15(22)12-5-4-6-13(11-12)18-16-17-8-7-14(19-16)20-9-2-1-3-10-20/h4-8,11H,1-3,9-10H2,(H,21,22)(H,17,18,19). The number of hydrogen-bond donors (Lipinski definition) is 2. The normalized spacial score (nSPS) is 14.6. The van der Waals surface area contributed by atoms with Crippen LogP contribution < -0.4 is 10.2 Å². The van der Waals surface area contributed by atoms with E-state index in [0.29, 0.717) is 11.6 Å². The van der Waals surface area contributed by atoms with Crippen molar-refractivity contribution in [2.24, 2.45) is 0 Å². The molecule has 1 aliphatic heterocycles. The first kappa shape index (κ1) is 14.3. The summed E-state index contributed by atoms with van der Waals surface area (Å²) in [6.07, 6.45) is 5.37. The molecule has 2 heterocycles. The van der Waals surface area contributed by atoms with Gasteiger partial charge >= 0.3 is 5.97 Å². The maximum absolute atomic E-state index is 11.0. The number of anilines is 3. The van der Waals surface area contributed by atoms with E-state index in [9.17, 15) is 4.79 Å². The van der Waals surface area contributed by atoms with Gasteiger partial charge in [-0.25, -0.2) is 9.78 Å². The molecule has 1 saturated heterocycles. The molecule has 1 aromatic carbocycles. The smallest absolute Gasteiger partial charge is 0.335 e. The fourth-order valence-corrected chi connectivity index (χ4v) is 2.57. The predicted octanol–water partition coefficient (Wildman–Crippen LogP) is 2.91. The molecule has 0 atom stereocenters. The summed E-state index contributed by atoms with van der Waals surface area (Å²) in [7, 11) is 0. The Balaban J connectivity index is 1.77. The Kier molecular flexibility index (Phi) is 4.18. The second kappa shape index (κ2) is 6.43. The SMILES string of the molecule is O=C(O)c1cccc(Nc2nccc(N3CCCCC3)n2)c1. The molecule has 0 bridgehead atoms. The van der Waals surface area contributed by atoms with Crippen molar-refractivity contribution >= 4 is 23.4 Å². The molecule has 1 fully saturated rings. The van der Waals surface area contributed by atoms with Crippen LogP contribution in [0.25, 0.3) is 0 Å². The third-order valence-corrected chi connectivity index (χ3v) is 3.69. The number of benzene rings is 1. The molecule has 0 unspecified atom stereocenters. The van der Waals surface area contributed by atoms with E-state index in [1.54, 1.807) is 30.5 Å². The lowest BCUT2D eigenvalue weighted by atomic mass is 10.1. The number of hydrogen-bond acceptors (Lipinski definition) is 5. The average molecular weight is 298 g/mol. The Morgan fingerprint density at radius 2 is 2.00 bits per heavy atom. The third-order valence-electron chi connectivity index (χ3n) is 3.69. The molecule has 1 aromatic heterocycles. The first-order valence-corrected chi connectivity index (χ1v) is 7.41. The number of carboxylic acids is 1. The van der Waals surface area contributed by atoms with Crippen molar-refractivity contribution in [3.8, 4) is 0 Å². The number of nitrogens with one attached hydrogen (secondary N) is 1. The van der Waals surface area contributed by atoms with Gasteiger partial charge in [0.25, 0.3) is 0 Å². The highest BCUT2D eigenvalue weighted by atomic mass is 16.4. The minimum absolute atomic E-state index is 0.234. The zero-order chi connectivity index (χ0) is 15.4. The molecule has 0 saturated carbocycles. The number of rotatable bonds is 4. The van der Waals surface area contributed by atoms with E-state index < -0.39 is 5.97 Å². The fourth-order valence-electron chi connectivity index (χ4n) is 2.57. The number of aromatic carboxylic acids is 1. The second-order valence-electron chi connectivity index (χ2n) is 5.30. The van der Waals surface area contributed by atoms with E-state index in [4.69, 9.17) is 5.11 Å². The highest BCUT2D eigenvalue weighted by molar-refractivity contribution is 5.89. The van der Waals surface area contributed by atoms with Crippen LogP contribution in [0.15, 0.2) is 36.5 Å². The molecule has 2 aromatic rings. The first-order chi connectivity index (χ1) is 10.7. The highest BCUT2D eigenvalue weighted by Gasteiger charge is 2.13. The summed E-state index contributed by atoms with van der Waals surface area (Å²) >= 11 is 0. The minimum atomic E-state index is -0.952. The largest absolute Gasteiger partial charge is 0.478 e. The van der Waals surface area contributed by atoms with E-state index in [1.165, 1.54) is 19.3 Å². The van der Waals surface area contributed by atoms with Crippen LogP contribution >= 0.6 is 0 Å². The van der Waals surface area contributed by atoms with Gasteiger partial charge in [-0.3, -0.25) is 0 Å². The molecule has 22 heavy (non-hydrogen) atoms. The van der Waals surface area contributed by atoms with Crippen LogP contribution in [0.1, 0.15) is 29.6 Å². The van der Waals surface area contributed by atoms with Gasteiger partial charge in [0.15, 0.2) is 0 Å². The van der Waals surface area contributed by atoms with E-state index in [1.807, 2.05) is 6.07 Å². The summed E-state index contributed by atoms with van der Waals surface area (Å²) in [6, 6.07) is 8.52. The number of nitrogens with zero attached hydrogens (tertiary/aromatic N) is 3. The Morgan fingerprint density at radius 3 is 2.77 bits per heavy atom. The van der Waals surface area contributed by atoms with Gasteiger partial charge in [0, 0.05) is 25.0 Å². The average Bonchev–Trinajstić information content (AvgIpc) is 2.56. The predicted molar refractivity (Wildman–Crippen MR) is 84.8 cm³/mol. The van der Waals surface area contributed by atoms with Gasteiger partial charge in [0.1, 0.15) is 5.82 Å². The van der Waals surface area contributed by atoms with Gasteiger partial charge in [-0.1, -0.05) is 6.07 Å². The number of carboxylic acid groups (broad SMARTS) is 1.